The number of ether oxygens (including phenoxy) is 1. The first-order valence-corrected chi connectivity index (χ1v) is 7.15. The number of rotatable bonds is 4. The highest BCUT2D eigenvalue weighted by molar-refractivity contribution is 5.69. The Labute approximate surface area is 111 Å². The highest BCUT2D eigenvalue weighted by Gasteiger charge is 2.33. The summed E-state index contributed by atoms with van der Waals surface area (Å²) in [5.74, 6) is 1.60. The van der Waals surface area contributed by atoms with E-state index >= 15 is 0 Å². The molecule has 0 aromatic heterocycles. The molecule has 1 aliphatic rings. The van der Waals surface area contributed by atoms with Crippen LogP contribution < -0.4 is 5.73 Å². The number of hydrogen-bond donors (Lipinski definition) is 1. The van der Waals surface area contributed by atoms with Gasteiger partial charge in [0.1, 0.15) is 0 Å². The maximum absolute atomic E-state index is 11.4. The van der Waals surface area contributed by atoms with E-state index in [2.05, 4.69) is 20.8 Å². The van der Waals surface area contributed by atoms with Crippen LogP contribution in [-0.4, -0.2) is 19.6 Å². The molecule has 1 rings (SSSR count). The molecule has 0 aromatic rings. The molecule has 0 bridgehead atoms. The van der Waals surface area contributed by atoms with Gasteiger partial charge < -0.3 is 10.5 Å². The first kappa shape index (κ1) is 15.5. The second kappa shape index (κ2) is 6.55. The van der Waals surface area contributed by atoms with E-state index in [0.29, 0.717) is 30.2 Å². The third kappa shape index (κ3) is 4.27. The summed E-state index contributed by atoms with van der Waals surface area (Å²) in [6.45, 7) is 7.58. The number of methoxy groups -OCH3 is 1. The molecule has 0 spiro atoms. The maximum atomic E-state index is 11.4. The average molecular weight is 255 g/mol. The van der Waals surface area contributed by atoms with Crippen LogP contribution in [0.1, 0.15) is 52.9 Å². The van der Waals surface area contributed by atoms with E-state index in [1.807, 2.05) is 0 Å². The third-order valence-electron chi connectivity index (χ3n) is 4.62. The van der Waals surface area contributed by atoms with E-state index in [1.165, 1.54) is 32.8 Å². The van der Waals surface area contributed by atoms with Crippen LogP contribution in [-0.2, 0) is 9.53 Å². The first-order valence-electron chi connectivity index (χ1n) is 7.15. The fourth-order valence-corrected chi connectivity index (χ4v) is 3.20. The Kier molecular flexibility index (Phi) is 5.64. The van der Waals surface area contributed by atoms with Crippen molar-refractivity contribution in [2.45, 2.75) is 52.9 Å². The minimum atomic E-state index is -0.122. The van der Waals surface area contributed by atoms with Crippen LogP contribution >= 0.6 is 0 Å². The van der Waals surface area contributed by atoms with Gasteiger partial charge in [-0.25, -0.2) is 0 Å². The quantitative estimate of drug-likeness (QED) is 0.786. The van der Waals surface area contributed by atoms with Gasteiger partial charge >= 0.3 is 5.97 Å². The summed E-state index contributed by atoms with van der Waals surface area (Å²) in [5, 5.41) is 0. The van der Waals surface area contributed by atoms with Crippen LogP contribution in [0.3, 0.4) is 0 Å². The second-order valence-corrected chi connectivity index (χ2v) is 6.75. The lowest BCUT2D eigenvalue weighted by Crippen LogP contribution is -2.32. The van der Waals surface area contributed by atoms with Crippen LogP contribution in [0.4, 0.5) is 0 Å². The third-order valence-corrected chi connectivity index (χ3v) is 4.62. The lowest BCUT2D eigenvalue weighted by molar-refractivity contribution is -0.142. The van der Waals surface area contributed by atoms with E-state index in [9.17, 15) is 4.79 Å². The molecule has 0 saturated heterocycles. The Morgan fingerprint density at radius 2 is 1.83 bits per heavy atom. The molecule has 1 aliphatic carbocycles. The van der Waals surface area contributed by atoms with Gasteiger partial charge in [-0.05, 0) is 55.4 Å². The van der Waals surface area contributed by atoms with Gasteiger partial charge in [0.2, 0.25) is 0 Å². The molecule has 1 unspecified atom stereocenters. The molecule has 3 heteroatoms. The number of carbonyl (C=O) groups excluding carboxylic acids is 1. The zero-order valence-electron chi connectivity index (χ0n) is 12.4. The van der Waals surface area contributed by atoms with Crippen molar-refractivity contribution in [3.8, 4) is 0 Å². The van der Waals surface area contributed by atoms with Gasteiger partial charge in [0.15, 0.2) is 0 Å². The van der Waals surface area contributed by atoms with Gasteiger partial charge in [-0.2, -0.15) is 0 Å². The summed E-state index contributed by atoms with van der Waals surface area (Å²) >= 11 is 0. The molecule has 18 heavy (non-hydrogen) atoms. The largest absolute Gasteiger partial charge is 0.469 e. The number of esters is 1. The van der Waals surface area contributed by atoms with Crippen LogP contribution in [0.2, 0.25) is 0 Å². The monoisotopic (exact) mass is 255 g/mol. The fourth-order valence-electron chi connectivity index (χ4n) is 3.20. The molecular formula is C15H29NO2. The van der Waals surface area contributed by atoms with Crippen molar-refractivity contribution in [2.24, 2.45) is 28.9 Å². The van der Waals surface area contributed by atoms with Gasteiger partial charge in [-0.15, -0.1) is 0 Å². The summed E-state index contributed by atoms with van der Waals surface area (Å²) in [6, 6.07) is 0. The van der Waals surface area contributed by atoms with E-state index < -0.39 is 0 Å². The van der Waals surface area contributed by atoms with Crippen molar-refractivity contribution < 1.29 is 9.53 Å². The van der Waals surface area contributed by atoms with E-state index in [4.69, 9.17) is 10.5 Å². The first-order chi connectivity index (χ1) is 8.38. The van der Waals surface area contributed by atoms with Crippen molar-refractivity contribution in [3.63, 3.8) is 0 Å². The minimum Gasteiger partial charge on any atom is -0.469 e. The van der Waals surface area contributed by atoms with Crippen LogP contribution in [0.5, 0.6) is 0 Å². The smallest absolute Gasteiger partial charge is 0.305 e. The molecular weight excluding hydrogens is 226 g/mol. The lowest BCUT2D eigenvalue weighted by atomic mass is 9.67. The summed E-state index contributed by atoms with van der Waals surface area (Å²) in [6.07, 6.45) is 5.44. The van der Waals surface area contributed by atoms with E-state index in [1.54, 1.807) is 0 Å². The Hall–Kier alpha value is -0.570. The second-order valence-electron chi connectivity index (χ2n) is 6.75. The molecule has 3 nitrogen and oxygen atoms in total. The lowest BCUT2D eigenvalue weighted by Gasteiger charge is -2.39. The Morgan fingerprint density at radius 1 is 1.28 bits per heavy atom. The minimum absolute atomic E-state index is 0.122. The van der Waals surface area contributed by atoms with Crippen molar-refractivity contribution in [1.82, 2.24) is 0 Å². The molecule has 106 valence electrons. The van der Waals surface area contributed by atoms with Gasteiger partial charge in [-0.3, -0.25) is 4.79 Å². The van der Waals surface area contributed by atoms with Crippen molar-refractivity contribution >= 4 is 5.97 Å². The SMILES string of the molecule is COC(=O)CC(CN)C1CCC(C(C)(C)C)CC1. The highest BCUT2D eigenvalue weighted by Crippen LogP contribution is 2.42. The molecule has 1 atom stereocenters. The predicted molar refractivity (Wildman–Crippen MR) is 74.1 cm³/mol. The van der Waals surface area contributed by atoms with Crippen molar-refractivity contribution in [2.75, 3.05) is 13.7 Å². The molecule has 1 saturated carbocycles. The number of nitrogens with two attached hydrogens (primary N) is 1. The molecule has 0 aromatic carbocycles. The molecule has 0 radical (unpaired) electrons. The van der Waals surface area contributed by atoms with E-state index in [0.717, 1.165) is 5.92 Å². The molecule has 1 fully saturated rings. The Bertz CT molecular complexity index is 262. The van der Waals surface area contributed by atoms with Gasteiger partial charge in [-0.1, -0.05) is 20.8 Å². The number of hydrogen-bond acceptors (Lipinski definition) is 3. The Balaban J connectivity index is 2.47. The molecule has 2 N–H and O–H groups in total. The van der Waals surface area contributed by atoms with Gasteiger partial charge in [0, 0.05) is 6.42 Å². The maximum Gasteiger partial charge on any atom is 0.305 e. The highest BCUT2D eigenvalue weighted by atomic mass is 16.5. The van der Waals surface area contributed by atoms with Crippen LogP contribution in [0.15, 0.2) is 0 Å². The summed E-state index contributed by atoms with van der Waals surface area (Å²) in [4.78, 5) is 11.4. The Morgan fingerprint density at radius 3 is 2.22 bits per heavy atom. The molecule has 0 aliphatic heterocycles. The summed E-state index contributed by atoms with van der Waals surface area (Å²) in [5.41, 5.74) is 6.23. The van der Waals surface area contributed by atoms with Crippen molar-refractivity contribution in [3.05, 3.63) is 0 Å². The van der Waals surface area contributed by atoms with Gasteiger partial charge in [0.05, 0.1) is 7.11 Å². The zero-order chi connectivity index (χ0) is 13.8. The zero-order valence-corrected chi connectivity index (χ0v) is 12.4. The molecule has 0 amide bonds. The average Bonchev–Trinajstić information content (AvgIpc) is 2.34. The normalized spacial score (nSPS) is 26.7. The topological polar surface area (TPSA) is 52.3 Å². The predicted octanol–water partition coefficient (Wildman–Crippen LogP) is 2.98. The number of carbonyl (C=O) groups is 1. The van der Waals surface area contributed by atoms with Crippen LogP contribution in [0, 0.1) is 23.2 Å². The van der Waals surface area contributed by atoms with E-state index in [-0.39, 0.29) is 5.97 Å². The summed E-state index contributed by atoms with van der Waals surface area (Å²) < 4.78 is 4.75. The summed E-state index contributed by atoms with van der Waals surface area (Å²) in [7, 11) is 1.45. The van der Waals surface area contributed by atoms with Crippen molar-refractivity contribution in [1.29, 1.82) is 0 Å². The molecule has 0 heterocycles. The van der Waals surface area contributed by atoms with Gasteiger partial charge in [0.25, 0.3) is 0 Å². The van der Waals surface area contributed by atoms with Crippen LogP contribution in [0.25, 0.3) is 0 Å². The standard InChI is InChI=1S/C15H29NO2/c1-15(2,3)13-7-5-11(6-8-13)12(10-16)9-14(17)18-4/h11-13H,5-10,16H2,1-4H3. The fraction of sp³-hybridized carbons (Fsp3) is 0.933.